The average molecular weight is 287 g/mol. The Morgan fingerprint density at radius 1 is 1.56 bits per heavy atom. The minimum atomic E-state index is -0.424. The SMILES string of the molecule is O=[N+]([O-])c1ccc(Br)c(OC2CCNC2)c1. The van der Waals surface area contributed by atoms with Crippen LogP contribution < -0.4 is 10.1 Å². The number of non-ortho nitro benzene ring substituents is 1. The van der Waals surface area contributed by atoms with Crippen LogP contribution in [0.2, 0.25) is 0 Å². The van der Waals surface area contributed by atoms with E-state index in [4.69, 9.17) is 4.74 Å². The molecule has 0 radical (unpaired) electrons. The van der Waals surface area contributed by atoms with Crippen molar-refractivity contribution >= 4 is 21.6 Å². The summed E-state index contributed by atoms with van der Waals surface area (Å²) in [6, 6.07) is 4.53. The number of nitrogens with one attached hydrogen (secondary N) is 1. The summed E-state index contributed by atoms with van der Waals surface area (Å²) in [4.78, 5) is 10.2. The summed E-state index contributed by atoms with van der Waals surface area (Å²) < 4.78 is 6.42. The summed E-state index contributed by atoms with van der Waals surface area (Å²) in [5.41, 5.74) is 0.0455. The van der Waals surface area contributed by atoms with E-state index in [-0.39, 0.29) is 11.8 Å². The van der Waals surface area contributed by atoms with Gasteiger partial charge in [0.05, 0.1) is 15.5 Å². The minimum Gasteiger partial charge on any atom is -0.488 e. The summed E-state index contributed by atoms with van der Waals surface area (Å²) in [5, 5.41) is 13.8. The summed E-state index contributed by atoms with van der Waals surface area (Å²) in [6.07, 6.45) is 1.02. The standard InChI is InChI=1S/C10H11BrN2O3/c11-9-2-1-7(13(14)15)5-10(9)16-8-3-4-12-6-8/h1-2,5,8,12H,3-4,6H2. The van der Waals surface area contributed by atoms with Crippen molar-refractivity contribution in [3.63, 3.8) is 0 Å². The average Bonchev–Trinajstić information content (AvgIpc) is 2.73. The molecule has 0 amide bonds. The fourth-order valence-electron chi connectivity index (χ4n) is 1.60. The van der Waals surface area contributed by atoms with Crippen molar-refractivity contribution in [2.75, 3.05) is 13.1 Å². The van der Waals surface area contributed by atoms with Crippen LogP contribution >= 0.6 is 15.9 Å². The monoisotopic (exact) mass is 286 g/mol. The lowest BCUT2D eigenvalue weighted by Gasteiger charge is -2.13. The first-order valence-electron chi connectivity index (χ1n) is 4.98. The molecule has 0 aliphatic carbocycles. The van der Waals surface area contributed by atoms with Crippen LogP contribution in [0.15, 0.2) is 22.7 Å². The number of nitro groups is 1. The maximum absolute atomic E-state index is 10.6. The molecule has 1 aliphatic rings. The number of benzene rings is 1. The molecule has 2 rings (SSSR count). The van der Waals surface area contributed by atoms with Crippen molar-refractivity contribution in [3.8, 4) is 5.75 Å². The van der Waals surface area contributed by atoms with Crippen molar-refractivity contribution in [1.29, 1.82) is 0 Å². The maximum atomic E-state index is 10.6. The Labute approximate surface area is 101 Å². The smallest absolute Gasteiger partial charge is 0.273 e. The fourth-order valence-corrected chi connectivity index (χ4v) is 1.94. The van der Waals surface area contributed by atoms with Gasteiger partial charge in [-0.15, -0.1) is 0 Å². The Bertz CT molecular complexity index is 405. The van der Waals surface area contributed by atoms with E-state index in [0.29, 0.717) is 5.75 Å². The van der Waals surface area contributed by atoms with E-state index < -0.39 is 4.92 Å². The van der Waals surface area contributed by atoms with Crippen LogP contribution in [0.3, 0.4) is 0 Å². The van der Waals surface area contributed by atoms with Crippen LogP contribution in [0, 0.1) is 10.1 Å². The zero-order valence-corrected chi connectivity index (χ0v) is 10.1. The molecule has 1 aromatic rings. The second-order valence-electron chi connectivity index (χ2n) is 3.60. The molecule has 0 aromatic heterocycles. The minimum absolute atomic E-state index is 0.0455. The molecule has 1 aromatic carbocycles. The molecule has 1 aliphatic heterocycles. The number of hydrogen-bond acceptors (Lipinski definition) is 4. The van der Waals surface area contributed by atoms with Crippen LogP contribution in [-0.4, -0.2) is 24.1 Å². The molecule has 16 heavy (non-hydrogen) atoms. The number of nitrogens with zero attached hydrogens (tertiary/aromatic N) is 1. The van der Waals surface area contributed by atoms with Gasteiger partial charge in [0.2, 0.25) is 0 Å². The van der Waals surface area contributed by atoms with Gasteiger partial charge in [0.15, 0.2) is 0 Å². The molecule has 1 N–H and O–H groups in total. The van der Waals surface area contributed by atoms with Gasteiger partial charge in [0.1, 0.15) is 11.9 Å². The summed E-state index contributed by atoms with van der Waals surface area (Å²) in [7, 11) is 0. The molecular weight excluding hydrogens is 276 g/mol. The third-order valence-corrected chi connectivity index (χ3v) is 3.09. The number of ether oxygens (including phenoxy) is 1. The predicted octanol–water partition coefficient (Wildman–Crippen LogP) is 2.10. The van der Waals surface area contributed by atoms with Crippen molar-refractivity contribution in [2.45, 2.75) is 12.5 Å². The first-order chi connectivity index (χ1) is 7.66. The van der Waals surface area contributed by atoms with Gasteiger partial charge in [0, 0.05) is 12.6 Å². The van der Waals surface area contributed by atoms with E-state index in [9.17, 15) is 10.1 Å². The van der Waals surface area contributed by atoms with Gasteiger partial charge in [0.25, 0.3) is 5.69 Å². The van der Waals surface area contributed by atoms with Crippen molar-refractivity contribution in [1.82, 2.24) is 5.32 Å². The normalized spacial score (nSPS) is 19.7. The van der Waals surface area contributed by atoms with E-state index in [2.05, 4.69) is 21.2 Å². The van der Waals surface area contributed by atoms with E-state index in [1.807, 2.05) is 0 Å². The predicted molar refractivity (Wildman–Crippen MR) is 62.7 cm³/mol. The molecule has 1 unspecified atom stereocenters. The Kier molecular flexibility index (Phi) is 3.40. The third kappa shape index (κ3) is 2.51. The van der Waals surface area contributed by atoms with E-state index in [0.717, 1.165) is 24.0 Å². The van der Waals surface area contributed by atoms with Gasteiger partial charge in [-0.25, -0.2) is 0 Å². The molecule has 1 fully saturated rings. The number of nitro benzene ring substituents is 1. The van der Waals surface area contributed by atoms with Crippen molar-refractivity contribution < 1.29 is 9.66 Å². The van der Waals surface area contributed by atoms with Gasteiger partial charge in [-0.3, -0.25) is 10.1 Å². The fraction of sp³-hybridized carbons (Fsp3) is 0.400. The topological polar surface area (TPSA) is 64.4 Å². The second kappa shape index (κ2) is 4.80. The summed E-state index contributed by atoms with van der Waals surface area (Å²) in [6.45, 7) is 1.71. The highest BCUT2D eigenvalue weighted by Gasteiger charge is 2.18. The molecule has 0 spiro atoms. The van der Waals surface area contributed by atoms with Gasteiger partial charge in [-0.1, -0.05) is 0 Å². The highest BCUT2D eigenvalue weighted by atomic mass is 79.9. The molecule has 1 heterocycles. The molecule has 1 saturated heterocycles. The lowest BCUT2D eigenvalue weighted by atomic mass is 10.3. The zero-order valence-electron chi connectivity index (χ0n) is 8.48. The first kappa shape index (κ1) is 11.3. The first-order valence-corrected chi connectivity index (χ1v) is 5.77. The Hall–Kier alpha value is -1.14. The Morgan fingerprint density at radius 3 is 3.00 bits per heavy atom. The molecule has 1 atom stereocenters. The lowest BCUT2D eigenvalue weighted by Crippen LogP contribution is -2.19. The van der Waals surface area contributed by atoms with Crippen LogP contribution in [0.5, 0.6) is 5.75 Å². The third-order valence-electron chi connectivity index (χ3n) is 2.43. The Morgan fingerprint density at radius 2 is 2.38 bits per heavy atom. The quantitative estimate of drug-likeness (QED) is 0.683. The van der Waals surface area contributed by atoms with Gasteiger partial charge in [-0.2, -0.15) is 0 Å². The van der Waals surface area contributed by atoms with E-state index >= 15 is 0 Å². The van der Waals surface area contributed by atoms with Crippen molar-refractivity contribution in [2.24, 2.45) is 0 Å². The van der Waals surface area contributed by atoms with Crippen LogP contribution in [-0.2, 0) is 0 Å². The van der Waals surface area contributed by atoms with E-state index in [1.54, 1.807) is 6.07 Å². The highest BCUT2D eigenvalue weighted by molar-refractivity contribution is 9.10. The summed E-state index contributed by atoms with van der Waals surface area (Å²) in [5.74, 6) is 0.530. The van der Waals surface area contributed by atoms with E-state index in [1.165, 1.54) is 12.1 Å². The van der Waals surface area contributed by atoms with Crippen LogP contribution in [0.1, 0.15) is 6.42 Å². The molecule has 86 valence electrons. The van der Waals surface area contributed by atoms with Crippen LogP contribution in [0.25, 0.3) is 0 Å². The maximum Gasteiger partial charge on any atom is 0.273 e. The Balaban J connectivity index is 2.17. The van der Waals surface area contributed by atoms with Crippen molar-refractivity contribution in [3.05, 3.63) is 32.8 Å². The molecule has 6 heteroatoms. The van der Waals surface area contributed by atoms with Gasteiger partial charge >= 0.3 is 0 Å². The largest absolute Gasteiger partial charge is 0.488 e. The molecular formula is C10H11BrN2O3. The number of rotatable bonds is 3. The number of halogens is 1. The molecule has 0 saturated carbocycles. The van der Waals surface area contributed by atoms with Gasteiger partial charge < -0.3 is 10.1 Å². The van der Waals surface area contributed by atoms with Crippen LogP contribution in [0.4, 0.5) is 5.69 Å². The second-order valence-corrected chi connectivity index (χ2v) is 4.46. The molecule has 5 nitrogen and oxygen atoms in total. The van der Waals surface area contributed by atoms with Gasteiger partial charge in [-0.05, 0) is 35.0 Å². The zero-order chi connectivity index (χ0) is 11.5. The lowest BCUT2D eigenvalue weighted by molar-refractivity contribution is -0.385. The summed E-state index contributed by atoms with van der Waals surface area (Å²) >= 11 is 3.32. The highest BCUT2D eigenvalue weighted by Crippen LogP contribution is 2.30. The number of hydrogen-bond donors (Lipinski definition) is 1. The molecule has 0 bridgehead atoms.